The zero-order chi connectivity index (χ0) is 12.5. The van der Waals surface area contributed by atoms with Gasteiger partial charge >= 0.3 is 5.97 Å². The normalized spacial score (nSPS) is 18.2. The summed E-state index contributed by atoms with van der Waals surface area (Å²) in [6.07, 6.45) is 1.05. The summed E-state index contributed by atoms with van der Waals surface area (Å²) in [7, 11) is 0. The van der Waals surface area contributed by atoms with Crippen LogP contribution in [0.2, 0.25) is 0 Å². The molecule has 0 bridgehead atoms. The number of amides is 1. The van der Waals surface area contributed by atoms with Crippen LogP contribution in [0, 0.1) is 0 Å². The molecule has 0 aliphatic heterocycles. The third kappa shape index (κ3) is 2.30. The van der Waals surface area contributed by atoms with Crippen LogP contribution >= 0.6 is 0 Å². The molecule has 90 valence electrons. The molecule has 2 N–H and O–H groups in total. The molecule has 1 atom stereocenters. The minimum absolute atomic E-state index is 0.226. The van der Waals surface area contributed by atoms with Crippen LogP contribution in [0.3, 0.4) is 0 Å². The van der Waals surface area contributed by atoms with Gasteiger partial charge in [0, 0.05) is 0 Å². The molecule has 17 heavy (non-hydrogen) atoms. The van der Waals surface area contributed by atoms with Crippen molar-refractivity contribution < 1.29 is 14.7 Å². The second kappa shape index (κ2) is 4.20. The van der Waals surface area contributed by atoms with Gasteiger partial charge in [-0.05, 0) is 25.3 Å². The number of carbonyl (C=O) groups excluding carboxylic acids is 1. The van der Waals surface area contributed by atoms with E-state index in [4.69, 9.17) is 5.11 Å². The standard InChI is InChI=1S/C13H15NO3/c1-9(10-5-3-2-4-6-10)11(15)14-13(7-8-13)12(16)17/h2-6,9H,7-8H2,1H3,(H,14,15)(H,16,17)/t9-/m0/s1. The summed E-state index contributed by atoms with van der Waals surface area (Å²) in [4.78, 5) is 22.9. The molecule has 1 saturated carbocycles. The lowest BCUT2D eigenvalue weighted by atomic mass is 10.00. The highest BCUT2D eigenvalue weighted by Gasteiger charge is 2.52. The summed E-state index contributed by atoms with van der Waals surface area (Å²) in [6, 6.07) is 9.34. The summed E-state index contributed by atoms with van der Waals surface area (Å²) < 4.78 is 0. The number of rotatable bonds is 4. The van der Waals surface area contributed by atoms with Crippen molar-refractivity contribution in [2.75, 3.05) is 0 Å². The molecule has 0 saturated heterocycles. The molecule has 1 amide bonds. The number of carboxylic acids is 1. The largest absolute Gasteiger partial charge is 0.480 e. The quantitative estimate of drug-likeness (QED) is 0.828. The minimum Gasteiger partial charge on any atom is -0.480 e. The summed E-state index contributed by atoms with van der Waals surface area (Å²) in [5.74, 6) is -1.49. The molecule has 2 rings (SSSR count). The molecule has 1 aromatic carbocycles. The first-order valence-corrected chi connectivity index (χ1v) is 5.65. The van der Waals surface area contributed by atoms with Crippen LogP contribution in [0.25, 0.3) is 0 Å². The van der Waals surface area contributed by atoms with Crippen LogP contribution in [0.15, 0.2) is 30.3 Å². The highest BCUT2D eigenvalue weighted by atomic mass is 16.4. The molecule has 0 unspecified atom stereocenters. The van der Waals surface area contributed by atoms with Gasteiger partial charge in [-0.25, -0.2) is 4.79 Å². The SMILES string of the molecule is C[C@H](C(=O)NC1(C(=O)O)CC1)c1ccccc1. The Hall–Kier alpha value is -1.84. The lowest BCUT2D eigenvalue weighted by Crippen LogP contribution is -2.44. The minimum atomic E-state index is -1.000. The average molecular weight is 233 g/mol. The highest BCUT2D eigenvalue weighted by Crippen LogP contribution is 2.36. The van der Waals surface area contributed by atoms with Crippen molar-refractivity contribution >= 4 is 11.9 Å². The van der Waals surface area contributed by atoms with Gasteiger partial charge in [0.25, 0.3) is 0 Å². The average Bonchev–Trinajstić information content (AvgIpc) is 3.10. The van der Waals surface area contributed by atoms with E-state index in [1.54, 1.807) is 6.92 Å². The van der Waals surface area contributed by atoms with E-state index in [1.165, 1.54) is 0 Å². The van der Waals surface area contributed by atoms with E-state index in [-0.39, 0.29) is 11.8 Å². The third-order valence-electron chi connectivity index (χ3n) is 3.21. The third-order valence-corrected chi connectivity index (χ3v) is 3.21. The summed E-state index contributed by atoms with van der Waals surface area (Å²) in [5, 5.41) is 11.6. The number of carboxylic acid groups (broad SMARTS) is 1. The maximum absolute atomic E-state index is 11.9. The van der Waals surface area contributed by atoms with Crippen LogP contribution in [0.4, 0.5) is 0 Å². The zero-order valence-corrected chi connectivity index (χ0v) is 9.64. The van der Waals surface area contributed by atoms with Crippen LogP contribution in [-0.2, 0) is 9.59 Å². The number of aliphatic carboxylic acids is 1. The van der Waals surface area contributed by atoms with Crippen LogP contribution in [0.5, 0.6) is 0 Å². The summed E-state index contributed by atoms with van der Waals surface area (Å²) in [5.41, 5.74) is -0.105. The van der Waals surface area contributed by atoms with Crippen molar-refractivity contribution in [1.82, 2.24) is 5.32 Å². The Labute approximate surface area is 99.6 Å². The second-order valence-corrected chi connectivity index (χ2v) is 4.51. The molecule has 0 heterocycles. The molecule has 4 heteroatoms. The lowest BCUT2D eigenvalue weighted by Gasteiger charge is -2.17. The first kappa shape index (κ1) is 11.6. The van der Waals surface area contributed by atoms with Crippen molar-refractivity contribution in [2.24, 2.45) is 0 Å². The molecule has 1 aromatic rings. The molecular weight excluding hydrogens is 218 g/mol. The molecule has 0 spiro atoms. The van der Waals surface area contributed by atoms with Gasteiger partial charge in [0.05, 0.1) is 5.92 Å². The number of benzene rings is 1. The van der Waals surface area contributed by atoms with Gasteiger partial charge in [0.2, 0.25) is 5.91 Å². The monoisotopic (exact) mass is 233 g/mol. The van der Waals surface area contributed by atoms with Crippen molar-refractivity contribution in [3.05, 3.63) is 35.9 Å². The molecule has 1 aliphatic carbocycles. The maximum atomic E-state index is 11.9. The van der Waals surface area contributed by atoms with Gasteiger partial charge in [-0.1, -0.05) is 30.3 Å². The first-order valence-electron chi connectivity index (χ1n) is 5.65. The molecule has 0 radical (unpaired) electrons. The smallest absolute Gasteiger partial charge is 0.329 e. The van der Waals surface area contributed by atoms with Gasteiger partial charge in [-0.3, -0.25) is 4.79 Å². The van der Waals surface area contributed by atoms with Crippen molar-refractivity contribution in [3.63, 3.8) is 0 Å². The van der Waals surface area contributed by atoms with E-state index in [1.807, 2.05) is 30.3 Å². The Morgan fingerprint density at radius 2 is 1.88 bits per heavy atom. The predicted octanol–water partition coefficient (Wildman–Crippen LogP) is 1.52. The van der Waals surface area contributed by atoms with Crippen LogP contribution in [0.1, 0.15) is 31.2 Å². The second-order valence-electron chi connectivity index (χ2n) is 4.51. The predicted molar refractivity (Wildman–Crippen MR) is 62.6 cm³/mol. The van der Waals surface area contributed by atoms with Gasteiger partial charge in [-0.15, -0.1) is 0 Å². The van der Waals surface area contributed by atoms with Crippen molar-refractivity contribution in [3.8, 4) is 0 Å². The van der Waals surface area contributed by atoms with E-state index in [2.05, 4.69) is 5.32 Å². The molecule has 4 nitrogen and oxygen atoms in total. The van der Waals surface area contributed by atoms with Gasteiger partial charge in [0.1, 0.15) is 5.54 Å². The zero-order valence-electron chi connectivity index (χ0n) is 9.64. The van der Waals surface area contributed by atoms with Gasteiger partial charge in [-0.2, -0.15) is 0 Å². The lowest BCUT2D eigenvalue weighted by molar-refractivity contribution is -0.143. The summed E-state index contributed by atoms with van der Waals surface area (Å²) >= 11 is 0. The van der Waals surface area contributed by atoms with E-state index in [9.17, 15) is 9.59 Å². The Morgan fingerprint density at radius 1 is 1.29 bits per heavy atom. The van der Waals surface area contributed by atoms with Crippen LogP contribution < -0.4 is 5.32 Å². The topological polar surface area (TPSA) is 66.4 Å². The highest BCUT2D eigenvalue weighted by molar-refractivity contribution is 5.92. The fourth-order valence-corrected chi connectivity index (χ4v) is 1.75. The summed E-state index contributed by atoms with van der Waals surface area (Å²) in [6.45, 7) is 1.78. The molecule has 1 aliphatic rings. The molecule has 1 fully saturated rings. The number of carbonyl (C=O) groups is 2. The number of nitrogens with one attached hydrogen (secondary N) is 1. The Morgan fingerprint density at radius 3 is 2.35 bits per heavy atom. The fourth-order valence-electron chi connectivity index (χ4n) is 1.75. The molecule has 0 aromatic heterocycles. The van der Waals surface area contributed by atoms with Crippen molar-refractivity contribution in [1.29, 1.82) is 0 Å². The first-order chi connectivity index (χ1) is 8.05. The van der Waals surface area contributed by atoms with E-state index in [0.29, 0.717) is 12.8 Å². The Kier molecular flexibility index (Phi) is 2.88. The van der Waals surface area contributed by atoms with Crippen molar-refractivity contribution in [2.45, 2.75) is 31.2 Å². The van der Waals surface area contributed by atoms with E-state index < -0.39 is 11.5 Å². The number of hydrogen-bond acceptors (Lipinski definition) is 2. The van der Waals surface area contributed by atoms with E-state index >= 15 is 0 Å². The van der Waals surface area contributed by atoms with Crippen LogP contribution in [-0.4, -0.2) is 22.5 Å². The van der Waals surface area contributed by atoms with E-state index in [0.717, 1.165) is 5.56 Å². The Bertz CT molecular complexity index is 437. The Balaban J connectivity index is 2.04. The molecular formula is C13H15NO3. The maximum Gasteiger partial charge on any atom is 0.329 e. The van der Waals surface area contributed by atoms with Gasteiger partial charge < -0.3 is 10.4 Å². The fraction of sp³-hybridized carbons (Fsp3) is 0.385. The van der Waals surface area contributed by atoms with Gasteiger partial charge in [0.15, 0.2) is 0 Å². The number of hydrogen-bond donors (Lipinski definition) is 2.